The van der Waals surface area contributed by atoms with Crippen LogP contribution in [0.4, 0.5) is 19.0 Å². The molecule has 0 aromatic carbocycles. The smallest absolute Gasteiger partial charge is 0.389 e. The van der Waals surface area contributed by atoms with E-state index in [1.54, 1.807) is 0 Å². The van der Waals surface area contributed by atoms with Crippen LogP contribution in [-0.2, 0) is 27.2 Å². The molecule has 7 nitrogen and oxygen atoms in total. The first kappa shape index (κ1) is 26.2. The van der Waals surface area contributed by atoms with Gasteiger partial charge in [-0.2, -0.15) is 13.2 Å². The number of carbonyl (C=O) groups excluding carboxylic acids is 1. The first-order chi connectivity index (χ1) is 16.1. The molecule has 1 aliphatic carbocycles. The van der Waals surface area contributed by atoms with Crippen LogP contribution in [0.25, 0.3) is 0 Å². The average Bonchev–Trinajstić information content (AvgIpc) is 2.76. The van der Waals surface area contributed by atoms with E-state index in [0.29, 0.717) is 5.92 Å². The SMILES string of the molecule is CCC(CC(F)(F)F)C(=O)N[C@@H](CCO[C@H]1C[C@H](CCc2ccc3c(n2)NCCC3)C1)C(=O)O. The van der Waals surface area contributed by atoms with Gasteiger partial charge in [0.2, 0.25) is 5.91 Å². The summed E-state index contributed by atoms with van der Waals surface area (Å²) in [6.07, 6.45) is 0.172. The van der Waals surface area contributed by atoms with E-state index in [1.807, 2.05) is 0 Å². The zero-order valence-corrected chi connectivity index (χ0v) is 19.5. The third-order valence-corrected chi connectivity index (χ3v) is 6.67. The number of hydrogen-bond donors (Lipinski definition) is 3. The molecule has 2 heterocycles. The summed E-state index contributed by atoms with van der Waals surface area (Å²) in [5.74, 6) is -1.93. The highest BCUT2D eigenvalue weighted by Crippen LogP contribution is 2.34. The lowest BCUT2D eigenvalue weighted by molar-refractivity contribution is -0.156. The van der Waals surface area contributed by atoms with Gasteiger partial charge in [-0.25, -0.2) is 9.78 Å². The molecular formula is C24H34F3N3O4. The van der Waals surface area contributed by atoms with E-state index in [0.717, 1.165) is 56.6 Å². The first-order valence-corrected chi connectivity index (χ1v) is 12.1. The minimum atomic E-state index is -4.48. The number of aryl methyl sites for hydroxylation is 2. The van der Waals surface area contributed by atoms with Crippen LogP contribution in [0.1, 0.15) is 63.1 Å². The van der Waals surface area contributed by atoms with E-state index in [1.165, 1.54) is 12.5 Å². The number of carboxylic acid groups (broad SMARTS) is 1. The lowest BCUT2D eigenvalue weighted by atomic mass is 9.79. The predicted octanol–water partition coefficient (Wildman–Crippen LogP) is 4.11. The lowest BCUT2D eigenvalue weighted by Gasteiger charge is -2.35. The summed E-state index contributed by atoms with van der Waals surface area (Å²) in [7, 11) is 0. The fraction of sp³-hybridized carbons (Fsp3) is 0.708. The van der Waals surface area contributed by atoms with Gasteiger partial charge < -0.3 is 20.5 Å². The van der Waals surface area contributed by atoms with Crippen molar-refractivity contribution in [2.75, 3.05) is 18.5 Å². The zero-order valence-electron chi connectivity index (χ0n) is 19.5. The topological polar surface area (TPSA) is 101 Å². The molecule has 3 N–H and O–H groups in total. The third kappa shape index (κ3) is 7.85. The molecule has 0 spiro atoms. The highest BCUT2D eigenvalue weighted by Gasteiger charge is 2.36. The van der Waals surface area contributed by atoms with Gasteiger partial charge in [0.15, 0.2) is 0 Å². The highest BCUT2D eigenvalue weighted by atomic mass is 19.4. The summed E-state index contributed by atoms with van der Waals surface area (Å²) in [6, 6.07) is 2.98. The van der Waals surface area contributed by atoms with Crippen molar-refractivity contribution < 1.29 is 32.6 Å². The van der Waals surface area contributed by atoms with E-state index >= 15 is 0 Å². The van der Waals surface area contributed by atoms with Crippen molar-refractivity contribution in [3.05, 3.63) is 23.4 Å². The van der Waals surface area contributed by atoms with Crippen LogP contribution in [0.3, 0.4) is 0 Å². The standard InChI is InChI=1S/C24H34F3N3O4/c1-2-16(14-24(25,26)27)22(31)30-20(23(32)33)9-11-34-19-12-15(13-19)5-7-18-8-6-17-4-3-10-28-21(17)29-18/h6,8,15-16,19-20H,2-5,7,9-14H2,1H3,(H,28,29)(H,30,31)(H,32,33)/t15-,16?,19-,20-/m0/s1. The number of aliphatic carboxylic acids is 1. The number of alkyl halides is 3. The minimum Gasteiger partial charge on any atom is -0.480 e. The van der Waals surface area contributed by atoms with Gasteiger partial charge in [0.25, 0.3) is 0 Å². The van der Waals surface area contributed by atoms with Crippen molar-refractivity contribution >= 4 is 17.7 Å². The second kappa shape index (κ2) is 11.9. The van der Waals surface area contributed by atoms with Crippen molar-refractivity contribution in [2.45, 2.75) is 83.0 Å². The van der Waals surface area contributed by atoms with Crippen LogP contribution in [0, 0.1) is 11.8 Å². The molecule has 0 radical (unpaired) electrons. The average molecular weight is 486 g/mol. The van der Waals surface area contributed by atoms with E-state index in [2.05, 4.69) is 22.8 Å². The van der Waals surface area contributed by atoms with Crippen molar-refractivity contribution in [1.29, 1.82) is 0 Å². The van der Waals surface area contributed by atoms with Gasteiger partial charge in [-0.1, -0.05) is 13.0 Å². The maximum atomic E-state index is 12.6. The molecule has 1 unspecified atom stereocenters. The third-order valence-electron chi connectivity index (χ3n) is 6.67. The van der Waals surface area contributed by atoms with Crippen LogP contribution in [0.2, 0.25) is 0 Å². The number of rotatable bonds is 12. The van der Waals surface area contributed by atoms with Gasteiger partial charge in [-0.05, 0) is 62.5 Å². The second-order valence-electron chi connectivity index (χ2n) is 9.32. The fourth-order valence-corrected chi connectivity index (χ4v) is 4.51. The summed E-state index contributed by atoms with van der Waals surface area (Å²) in [5.41, 5.74) is 2.35. The van der Waals surface area contributed by atoms with Crippen molar-refractivity contribution in [1.82, 2.24) is 10.3 Å². The Morgan fingerprint density at radius 3 is 2.76 bits per heavy atom. The number of carboxylic acids is 1. The fourth-order valence-electron chi connectivity index (χ4n) is 4.51. The van der Waals surface area contributed by atoms with Gasteiger partial charge in [0.1, 0.15) is 11.9 Å². The zero-order chi connectivity index (χ0) is 24.7. The van der Waals surface area contributed by atoms with Crippen LogP contribution in [0.5, 0.6) is 0 Å². The number of carbonyl (C=O) groups is 2. The molecule has 10 heteroatoms. The summed E-state index contributed by atoms with van der Waals surface area (Å²) in [6.45, 7) is 2.56. The van der Waals surface area contributed by atoms with Crippen LogP contribution in [0.15, 0.2) is 12.1 Å². The summed E-state index contributed by atoms with van der Waals surface area (Å²) < 4.78 is 43.6. The molecule has 0 bridgehead atoms. The van der Waals surface area contributed by atoms with Gasteiger partial charge in [0.05, 0.1) is 12.5 Å². The van der Waals surface area contributed by atoms with Crippen LogP contribution >= 0.6 is 0 Å². The van der Waals surface area contributed by atoms with Crippen LogP contribution in [-0.4, -0.2) is 53.4 Å². The highest BCUT2D eigenvalue weighted by molar-refractivity contribution is 5.84. The van der Waals surface area contributed by atoms with E-state index in [-0.39, 0.29) is 25.6 Å². The van der Waals surface area contributed by atoms with Crippen molar-refractivity contribution in [2.24, 2.45) is 11.8 Å². The summed E-state index contributed by atoms with van der Waals surface area (Å²) in [4.78, 5) is 28.3. The number of nitrogens with one attached hydrogen (secondary N) is 2. The number of aromatic nitrogens is 1. The monoisotopic (exact) mass is 485 g/mol. The van der Waals surface area contributed by atoms with Gasteiger partial charge >= 0.3 is 12.1 Å². The molecule has 2 aliphatic rings. The van der Waals surface area contributed by atoms with Gasteiger partial charge in [0, 0.05) is 31.2 Å². The predicted molar refractivity (Wildman–Crippen MR) is 120 cm³/mol. The molecule has 1 aliphatic heterocycles. The molecule has 3 rings (SSSR count). The molecule has 190 valence electrons. The van der Waals surface area contributed by atoms with Gasteiger partial charge in [-0.15, -0.1) is 0 Å². The largest absolute Gasteiger partial charge is 0.480 e. The Hall–Kier alpha value is -2.36. The Kier molecular flexibility index (Phi) is 9.16. The van der Waals surface area contributed by atoms with E-state index in [9.17, 15) is 27.9 Å². The molecule has 1 saturated carbocycles. The molecule has 0 saturated heterocycles. The Balaban J connectivity index is 1.34. The maximum absolute atomic E-state index is 12.6. The summed E-state index contributed by atoms with van der Waals surface area (Å²) in [5, 5.41) is 14.9. The Labute approximate surface area is 197 Å². The molecule has 2 atom stereocenters. The van der Waals surface area contributed by atoms with Crippen molar-refractivity contribution in [3.8, 4) is 0 Å². The number of fused-ring (bicyclic) bond motifs is 1. The summed E-state index contributed by atoms with van der Waals surface area (Å²) >= 11 is 0. The van der Waals surface area contributed by atoms with E-state index in [4.69, 9.17) is 9.72 Å². The number of amides is 1. The molecule has 34 heavy (non-hydrogen) atoms. The number of pyridine rings is 1. The molecule has 1 aromatic rings. The quantitative estimate of drug-likeness (QED) is 0.412. The van der Waals surface area contributed by atoms with E-state index < -0.39 is 36.4 Å². The maximum Gasteiger partial charge on any atom is 0.389 e. The van der Waals surface area contributed by atoms with Crippen molar-refractivity contribution in [3.63, 3.8) is 0 Å². The Morgan fingerprint density at radius 1 is 1.32 bits per heavy atom. The number of anilines is 1. The van der Waals surface area contributed by atoms with Gasteiger partial charge in [-0.3, -0.25) is 4.79 Å². The minimum absolute atomic E-state index is 0.0107. The number of hydrogen-bond acceptors (Lipinski definition) is 5. The lowest BCUT2D eigenvalue weighted by Crippen LogP contribution is -2.45. The number of nitrogens with zero attached hydrogens (tertiary/aromatic N) is 1. The molecule has 1 fully saturated rings. The van der Waals surface area contributed by atoms with Crippen LogP contribution < -0.4 is 10.6 Å². The molecule has 1 aromatic heterocycles. The second-order valence-corrected chi connectivity index (χ2v) is 9.32. The normalized spacial score (nSPS) is 21.5. The molecule has 1 amide bonds. The first-order valence-electron chi connectivity index (χ1n) is 12.1. The Morgan fingerprint density at radius 2 is 2.09 bits per heavy atom. The Bertz CT molecular complexity index is 843. The number of ether oxygens (including phenoxy) is 1. The molecular weight excluding hydrogens is 451 g/mol. The number of halogens is 3.